The summed E-state index contributed by atoms with van der Waals surface area (Å²) in [5.41, 5.74) is 2.15. The van der Waals surface area contributed by atoms with Crippen molar-refractivity contribution in [2.24, 2.45) is 17.3 Å². The average molecular weight is 510 g/mol. The summed E-state index contributed by atoms with van der Waals surface area (Å²) in [6.07, 6.45) is 6.64. The smallest absolute Gasteiger partial charge is 0.341 e. The highest BCUT2D eigenvalue weighted by Crippen LogP contribution is 2.66. The molecule has 4 saturated carbocycles. The summed E-state index contributed by atoms with van der Waals surface area (Å²) in [4.78, 5) is 39.9. The minimum Gasteiger partial charge on any atom is -0.462 e. The van der Waals surface area contributed by atoms with Crippen LogP contribution < -0.4 is 5.32 Å². The zero-order valence-electron chi connectivity index (χ0n) is 21.4. The Balaban J connectivity index is 1.28. The maximum absolute atomic E-state index is 13.5. The molecule has 6 nitrogen and oxygen atoms in total. The first-order valence-electron chi connectivity index (χ1n) is 13.1. The number of anilines is 1. The Labute approximate surface area is 216 Å². The number of aryl methyl sites for hydroxylation is 1. The van der Waals surface area contributed by atoms with Crippen molar-refractivity contribution in [3.63, 3.8) is 0 Å². The van der Waals surface area contributed by atoms with Gasteiger partial charge in [0, 0.05) is 4.88 Å². The van der Waals surface area contributed by atoms with E-state index in [0.717, 1.165) is 42.5 Å². The van der Waals surface area contributed by atoms with Crippen molar-refractivity contribution >= 4 is 34.2 Å². The minimum atomic E-state index is -0.509. The van der Waals surface area contributed by atoms with Crippen LogP contribution in [0.1, 0.15) is 78.7 Å². The molecule has 0 unspecified atom stereocenters. The molecule has 2 atom stereocenters. The third kappa shape index (κ3) is 4.36. The third-order valence-corrected chi connectivity index (χ3v) is 9.57. The summed E-state index contributed by atoms with van der Waals surface area (Å²) >= 11 is 1.35. The fourth-order valence-electron chi connectivity index (χ4n) is 7.59. The van der Waals surface area contributed by atoms with Crippen LogP contribution in [0.15, 0.2) is 30.3 Å². The van der Waals surface area contributed by atoms with Crippen LogP contribution >= 0.6 is 11.3 Å². The summed E-state index contributed by atoms with van der Waals surface area (Å²) in [5, 5.41) is 3.27. The van der Waals surface area contributed by atoms with E-state index in [1.54, 1.807) is 6.92 Å². The predicted octanol–water partition coefficient (Wildman–Crippen LogP) is 5.82. The number of benzene rings is 1. The van der Waals surface area contributed by atoms with E-state index >= 15 is 0 Å². The number of nitrogens with one attached hydrogen (secondary N) is 1. The van der Waals surface area contributed by atoms with E-state index in [2.05, 4.69) is 29.6 Å². The third-order valence-electron chi connectivity index (χ3n) is 8.51. The van der Waals surface area contributed by atoms with E-state index in [1.807, 2.05) is 19.9 Å². The van der Waals surface area contributed by atoms with Crippen LogP contribution in [0.25, 0.3) is 0 Å². The van der Waals surface area contributed by atoms with Gasteiger partial charge in [0.15, 0.2) is 6.61 Å². The van der Waals surface area contributed by atoms with E-state index in [4.69, 9.17) is 9.47 Å². The lowest BCUT2D eigenvalue weighted by atomic mass is 9.43. The van der Waals surface area contributed by atoms with E-state index in [9.17, 15) is 14.4 Å². The number of hydrogen-bond acceptors (Lipinski definition) is 6. The molecule has 1 N–H and O–H groups in total. The van der Waals surface area contributed by atoms with E-state index in [-0.39, 0.29) is 24.6 Å². The molecule has 4 aliphatic rings. The van der Waals surface area contributed by atoms with Gasteiger partial charge in [-0.15, -0.1) is 11.3 Å². The standard InChI is InChI=1S/C29H35NO5S/c1-4-22-18(3)36-25(24(22)26(32)34-5-2)30-23(31)16-35-27(33)29-14-19-11-20(15-29)13-28(12-19,17-29)21-9-7-6-8-10-21/h6-10,19-20H,4-5,11-17H2,1-3H3,(H,30,31)/t19-,20-,28?,29?/m0/s1. The van der Waals surface area contributed by atoms with Crippen molar-refractivity contribution in [3.8, 4) is 0 Å². The topological polar surface area (TPSA) is 81.7 Å². The molecule has 7 heteroatoms. The molecule has 0 spiro atoms. The second kappa shape index (κ2) is 9.66. The van der Waals surface area contributed by atoms with Crippen LogP contribution in [0.2, 0.25) is 0 Å². The zero-order chi connectivity index (χ0) is 25.5. The SMILES string of the molecule is CCOC(=O)c1c(NC(=O)COC(=O)C23C[C@H]4C[C@H](C2)CC(c2ccccc2)(C4)C3)sc(C)c1CC. The summed E-state index contributed by atoms with van der Waals surface area (Å²) < 4.78 is 10.9. The Morgan fingerprint density at radius 2 is 1.72 bits per heavy atom. The van der Waals surface area contributed by atoms with Crippen molar-refractivity contribution < 1.29 is 23.9 Å². The Morgan fingerprint density at radius 1 is 1.03 bits per heavy atom. The number of esters is 2. The molecule has 36 heavy (non-hydrogen) atoms. The van der Waals surface area contributed by atoms with Crippen LogP contribution in [0.5, 0.6) is 0 Å². The maximum atomic E-state index is 13.5. The van der Waals surface area contributed by atoms with Gasteiger partial charge in [0.25, 0.3) is 5.91 Å². The molecule has 1 aromatic heterocycles. The van der Waals surface area contributed by atoms with Crippen molar-refractivity contribution in [3.05, 3.63) is 51.9 Å². The molecule has 192 valence electrons. The maximum Gasteiger partial charge on any atom is 0.341 e. The van der Waals surface area contributed by atoms with Gasteiger partial charge in [0.2, 0.25) is 0 Å². The van der Waals surface area contributed by atoms with Gasteiger partial charge in [-0.25, -0.2) is 4.79 Å². The van der Waals surface area contributed by atoms with Gasteiger partial charge >= 0.3 is 11.9 Å². The molecule has 1 heterocycles. The fourth-order valence-corrected chi connectivity index (χ4v) is 8.74. The molecule has 6 rings (SSSR count). The number of amides is 1. The first kappa shape index (κ1) is 25.0. The Bertz CT molecular complexity index is 1160. The monoisotopic (exact) mass is 509 g/mol. The normalized spacial score (nSPS) is 28.1. The summed E-state index contributed by atoms with van der Waals surface area (Å²) in [6, 6.07) is 10.6. The fraction of sp³-hybridized carbons (Fsp3) is 0.552. The van der Waals surface area contributed by atoms with Crippen LogP contribution in [0.4, 0.5) is 5.00 Å². The first-order chi connectivity index (χ1) is 17.3. The first-order valence-corrected chi connectivity index (χ1v) is 13.9. The average Bonchev–Trinajstić information content (AvgIpc) is 3.16. The van der Waals surface area contributed by atoms with Crippen molar-refractivity contribution in [2.45, 2.75) is 71.1 Å². The van der Waals surface area contributed by atoms with E-state index < -0.39 is 17.3 Å². The number of thiophene rings is 1. The number of rotatable bonds is 8. The summed E-state index contributed by atoms with van der Waals surface area (Å²) in [6.45, 7) is 5.56. The lowest BCUT2D eigenvalue weighted by Crippen LogP contribution is -2.57. The molecule has 2 aromatic rings. The van der Waals surface area contributed by atoms with Gasteiger partial charge < -0.3 is 14.8 Å². The van der Waals surface area contributed by atoms with Crippen molar-refractivity contribution in [1.82, 2.24) is 0 Å². The van der Waals surface area contributed by atoms with Gasteiger partial charge in [-0.3, -0.25) is 9.59 Å². The van der Waals surface area contributed by atoms with Crippen molar-refractivity contribution in [1.29, 1.82) is 0 Å². The quantitative estimate of drug-likeness (QED) is 0.454. The molecule has 1 aromatic carbocycles. The largest absolute Gasteiger partial charge is 0.462 e. The van der Waals surface area contributed by atoms with Gasteiger partial charge in [-0.1, -0.05) is 37.3 Å². The number of hydrogen-bond donors (Lipinski definition) is 1. The number of ether oxygens (including phenoxy) is 2. The highest BCUT2D eigenvalue weighted by atomic mass is 32.1. The summed E-state index contributed by atoms with van der Waals surface area (Å²) in [5.74, 6) is -0.0524. The van der Waals surface area contributed by atoms with Gasteiger partial charge in [-0.05, 0) is 87.2 Å². The Morgan fingerprint density at radius 3 is 2.36 bits per heavy atom. The van der Waals surface area contributed by atoms with E-state index in [1.165, 1.54) is 23.3 Å². The van der Waals surface area contributed by atoms with Crippen LogP contribution in [0, 0.1) is 24.2 Å². The zero-order valence-corrected chi connectivity index (χ0v) is 22.2. The molecule has 0 radical (unpaired) electrons. The summed E-state index contributed by atoms with van der Waals surface area (Å²) in [7, 11) is 0. The Hall–Kier alpha value is -2.67. The number of carbonyl (C=O) groups excluding carboxylic acids is 3. The van der Waals surface area contributed by atoms with Crippen LogP contribution in [-0.2, 0) is 30.9 Å². The predicted molar refractivity (Wildman–Crippen MR) is 139 cm³/mol. The molecule has 4 fully saturated rings. The molecule has 4 bridgehead atoms. The molecule has 0 aliphatic heterocycles. The lowest BCUT2D eigenvalue weighted by molar-refractivity contribution is -0.175. The molecule has 0 saturated heterocycles. The van der Waals surface area contributed by atoms with Gasteiger partial charge in [0.05, 0.1) is 17.6 Å². The van der Waals surface area contributed by atoms with Gasteiger partial charge in [-0.2, -0.15) is 0 Å². The van der Waals surface area contributed by atoms with Crippen LogP contribution in [-0.4, -0.2) is 31.1 Å². The second-order valence-corrected chi connectivity index (χ2v) is 12.2. The van der Waals surface area contributed by atoms with Gasteiger partial charge in [0.1, 0.15) is 5.00 Å². The van der Waals surface area contributed by atoms with Crippen molar-refractivity contribution in [2.75, 3.05) is 18.5 Å². The molecule has 1 amide bonds. The molecular formula is C29H35NO5S. The highest BCUT2D eigenvalue weighted by Gasteiger charge is 2.61. The molecular weight excluding hydrogens is 474 g/mol. The number of carbonyl (C=O) groups is 3. The second-order valence-electron chi connectivity index (χ2n) is 10.9. The van der Waals surface area contributed by atoms with E-state index in [0.29, 0.717) is 28.8 Å². The minimum absolute atomic E-state index is 0.0339. The van der Waals surface area contributed by atoms with Crippen LogP contribution in [0.3, 0.4) is 0 Å². The lowest BCUT2D eigenvalue weighted by Gasteiger charge is -2.61. The highest BCUT2D eigenvalue weighted by molar-refractivity contribution is 7.16. The molecule has 4 aliphatic carbocycles. The Kier molecular flexibility index (Phi) is 6.70.